The molecule has 4 aliphatic rings. The molecule has 4 rings (SSSR count). The minimum atomic E-state index is -5.96. The zero-order valence-electron chi connectivity index (χ0n) is 26.0. The minimum Gasteiger partial charge on any atom is -0.462 e. The molecule has 0 aromatic heterocycles. The third-order valence-corrected chi connectivity index (χ3v) is 10.1. The second kappa shape index (κ2) is 12.7. The van der Waals surface area contributed by atoms with E-state index in [2.05, 4.69) is 23.7 Å². The Morgan fingerprint density at radius 2 is 1.44 bits per heavy atom. The number of rotatable bonds is 6. The van der Waals surface area contributed by atoms with Crippen LogP contribution in [0.4, 0.5) is 26.3 Å². The molecule has 0 heterocycles. The molecule has 4 saturated carbocycles. The molecule has 0 saturated heterocycles. The summed E-state index contributed by atoms with van der Waals surface area (Å²) in [4.78, 5) is 34.5. The monoisotopic (exact) mass is 646 g/mol. The Balaban J connectivity index is 1.55. The van der Waals surface area contributed by atoms with E-state index < -0.39 is 53.5 Å². The number of hydrogen-bond acceptors (Lipinski definition) is 6. The van der Waals surface area contributed by atoms with Gasteiger partial charge in [0.05, 0.1) is 0 Å². The minimum absolute atomic E-state index is 0.0666. The fourth-order valence-electron chi connectivity index (χ4n) is 8.20. The number of fused-ring (bicyclic) bond motifs is 1. The maximum absolute atomic E-state index is 13.7. The van der Waals surface area contributed by atoms with E-state index in [0.29, 0.717) is 39.0 Å². The summed E-state index contributed by atoms with van der Waals surface area (Å²) in [6.07, 6.45) is -1.68. The van der Waals surface area contributed by atoms with Crippen LogP contribution in [0.3, 0.4) is 0 Å². The average molecular weight is 647 g/mol. The summed E-state index contributed by atoms with van der Waals surface area (Å²) in [5.41, 5.74) is -3.33. The molecule has 0 amide bonds. The quantitative estimate of drug-likeness (QED) is 0.127. The van der Waals surface area contributed by atoms with Crippen molar-refractivity contribution in [2.45, 2.75) is 128 Å². The van der Waals surface area contributed by atoms with Gasteiger partial charge in [-0.15, -0.1) is 0 Å². The van der Waals surface area contributed by atoms with Gasteiger partial charge in [0.1, 0.15) is 12.2 Å². The van der Waals surface area contributed by atoms with Gasteiger partial charge in [-0.05, 0) is 73.5 Å². The number of allylic oxidation sites excluding steroid dienone is 3. The molecule has 0 aliphatic heterocycles. The maximum atomic E-state index is 13.7. The van der Waals surface area contributed by atoms with Gasteiger partial charge in [-0.3, -0.25) is 14.4 Å². The van der Waals surface area contributed by atoms with Crippen LogP contribution in [0.1, 0.15) is 98.3 Å². The predicted molar refractivity (Wildman–Crippen MR) is 150 cm³/mol. The molecule has 0 spiro atoms. The first kappa shape index (κ1) is 34.9. The van der Waals surface area contributed by atoms with Crippen LogP contribution < -0.4 is 0 Å². The Labute approximate surface area is 259 Å². The molecular weight excluding hydrogens is 606 g/mol. The Morgan fingerprint density at radius 1 is 0.867 bits per heavy atom. The Kier molecular flexibility index (Phi) is 9.83. The van der Waals surface area contributed by atoms with Crippen LogP contribution in [-0.4, -0.2) is 48.1 Å². The van der Waals surface area contributed by atoms with Crippen molar-refractivity contribution in [1.29, 1.82) is 0 Å². The number of halogens is 6. The molecule has 45 heavy (non-hydrogen) atoms. The van der Waals surface area contributed by atoms with Crippen molar-refractivity contribution in [3.05, 3.63) is 23.3 Å². The molecule has 4 fully saturated rings. The summed E-state index contributed by atoms with van der Waals surface area (Å²) in [6, 6.07) is 0. The highest BCUT2D eigenvalue weighted by atomic mass is 19.4. The molecule has 0 bridgehead atoms. The second-order valence-electron chi connectivity index (χ2n) is 13.3. The first-order valence-corrected chi connectivity index (χ1v) is 15.4. The third-order valence-electron chi connectivity index (χ3n) is 10.1. The Hall–Kier alpha value is -2.97. The largest absolute Gasteiger partial charge is 0.462 e. The molecule has 12 heteroatoms. The first-order valence-electron chi connectivity index (χ1n) is 15.4. The van der Waals surface area contributed by atoms with Gasteiger partial charge in [-0.25, -0.2) is 0 Å². The van der Waals surface area contributed by atoms with Crippen LogP contribution >= 0.6 is 0 Å². The lowest BCUT2D eigenvalue weighted by Crippen LogP contribution is -2.58. The van der Waals surface area contributed by atoms with Crippen LogP contribution in [-0.2, 0) is 28.6 Å². The SMILES string of the molecule is CC(=O)OC1CC(=C/C=C2\CCC[C@@]3(C)C2CCC3C2(CC#CC(OC(C)=O)(C(F)(F)F)C(F)(F)F)CC2)C[C@@H](OC(C)=O)C1. The number of carbonyl (C=O) groups excluding carboxylic acids is 3. The normalized spacial score (nSPS) is 31.4. The summed E-state index contributed by atoms with van der Waals surface area (Å²) in [6.45, 7) is 5.33. The summed E-state index contributed by atoms with van der Waals surface area (Å²) >= 11 is 0. The number of ether oxygens (including phenoxy) is 3. The van der Waals surface area contributed by atoms with Crippen molar-refractivity contribution < 1.29 is 54.9 Å². The second-order valence-corrected chi connectivity index (χ2v) is 13.3. The molecule has 3 unspecified atom stereocenters. The van der Waals surface area contributed by atoms with Crippen LogP contribution in [0.5, 0.6) is 0 Å². The summed E-state index contributed by atoms with van der Waals surface area (Å²) < 4.78 is 96.9. The third kappa shape index (κ3) is 7.38. The zero-order valence-corrected chi connectivity index (χ0v) is 26.0. The van der Waals surface area contributed by atoms with Gasteiger partial charge in [0.2, 0.25) is 0 Å². The van der Waals surface area contributed by atoms with Crippen molar-refractivity contribution >= 4 is 17.9 Å². The van der Waals surface area contributed by atoms with E-state index in [1.54, 1.807) is 0 Å². The highest BCUT2D eigenvalue weighted by Crippen LogP contribution is 2.69. The van der Waals surface area contributed by atoms with Gasteiger partial charge < -0.3 is 14.2 Å². The molecule has 0 N–H and O–H groups in total. The van der Waals surface area contributed by atoms with Crippen molar-refractivity contribution in [3.8, 4) is 11.8 Å². The van der Waals surface area contributed by atoms with Crippen molar-refractivity contribution in [2.75, 3.05) is 0 Å². The summed E-state index contributed by atoms with van der Waals surface area (Å²) in [5.74, 6) is 1.23. The highest BCUT2D eigenvalue weighted by molar-refractivity contribution is 5.67. The fraction of sp³-hybridized carbons (Fsp3) is 0.727. The molecule has 4 aliphatic carbocycles. The van der Waals surface area contributed by atoms with Crippen molar-refractivity contribution in [2.24, 2.45) is 22.7 Å². The fourth-order valence-corrected chi connectivity index (χ4v) is 8.20. The lowest BCUT2D eigenvalue weighted by Gasteiger charge is -2.45. The molecule has 6 nitrogen and oxygen atoms in total. The Bertz CT molecular complexity index is 1260. The van der Waals surface area contributed by atoms with E-state index in [1.807, 2.05) is 6.08 Å². The number of alkyl halides is 6. The molecule has 5 atom stereocenters. The van der Waals surface area contributed by atoms with Crippen LogP contribution in [0, 0.1) is 34.5 Å². The molecule has 250 valence electrons. The highest BCUT2D eigenvalue weighted by Gasteiger charge is 2.74. The van der Waals surface area contributed by atoms with E-state index in [1.165, 1.54) is 25.3 Å². The maximum Gasteiger partial charge on any atom is 0.450 e. The van der Waals surface area contributed by atoms with Gasteiger partial charge in [0.15, 0.2) is 0 Å². The van der Waals surface area contributed by atoms with E-state index in [0.717, 1.165) is 37.7 Å². The summed E-state index contributed by atoms with van der Waals surface area (Å²) in [5, 5.41) is 0. The number of hydrogen-bond donors (Lipinski definition) is 0. The van der Waals surface area contributed by atoms with Gasteiger partial charge in [0.25, 0.3) is 0 Å². The van der Waals surface area contributed by atoms with E-state index in [-0.39, 0.29) is 23.7 Å². The summed E-state index contributed by atoms with van der Waals surface area (Å²) in [7, 11) is 0. The molecular formula is C33H40F6O6. The lowest BCUT2D eigenvalue weighted by molar-refractivity contribution is -0.345. The van der Waals surface area contributed by atoms with Crippen LogP contribution in [0.2, 0.25) is 0 Å². The first-order chi connectivity index (χ1) is 20.8. The lowest BCUT2D eigenvalue weighted by atomic mass is 9.59. The molecule has 0 aromatic carbocycles. The number of esters is 3. The van der Waals surface area contributed by atoms with Crippen LogP contribution in [0.25, 0.3) is 0 Å². The smallest absolute Gasteiger partial charge is 0.450 e. The number of carbonyl (C=O) groups is 3. The Morgan fingerprint density at radius 3 is 1.93 bits per heavy atom. The van der Waals surface area contributed by atoms with Gasteiger partial charge in [0, 0.05) is 46.5 Å². The van der Waals surface area contributed by atoms with Crippen LogP contribution in [0.15, 0.2) is 23.3 Å². The van der Waals surface area contributed by atoms with Gasteiger partial charge in [-0.1, -0.05) is 36.1 Å². The van der Waals surface area contributed by atoms with E-state index in [9.17, 15) is 40.7 Å². The van der Waals surface area contributed by atoms with Crippen molar-refractivity contribution in [1.82, 2.24) is 0 Å². The van der Waals surface area contributed by atoms with E-state index >= 15 is 0 Å². The molecule has 0 radical (unpaired) electrons. The molecule has 0 aromatic rings. The van der Waals surface area contributed by atoms with Gasteiger partial charge >= 0.3 is 35.9 Å². The van der Waals surface area contributed by atoms with E-state index in [4.69, 9.17) is 9.47 Å². The topological polar surface area (TPSA) is 78.9 Å². The standard InChI is InChI=1S/C33H40F6O6/c1-20(40)43-25-17-23(18-26(19-25)44-21(2)41)8-9-24-7-5-12-29(4)27(24)10-11-28(29)30(15-16-30)13-6-14-31(32(34,35)36,33(37,38)39)45-22(3)42/h8-9,25-28H,5,7,10-13,15-19H2,1-4H3/b23-8?,24-9+/t25-,26?,27?,28?,29+/m1/s1. The van der Waals surface area contributed by atoms with Crippen molar-refractivity contribution in [3.63, 3.8) is 0 Å². The predicted octanol–water partition coefficient (Wildman–Crippen LogP) is 7.70. The van der Waals surface area contributed by atoms with Gasteiger partial charge in [-0.2, -0.15) is 26.3 Å². The zero-order chi connectivity index (χ0) is 33.4. The average Bonchev–Trinajstić information content (AvgIpc) is 3.56.